The van der Waals surface area contributed by atoms with Crippen molar-refractivity contribution in [2.45, 2.75) is 19.2 Å². The summed E-state index contributed by atoms with van der Waals surface area (Å²) in [5.41, 5.74) is 5.05. The number of aliphatic hydroxyl groups excluding tert-OH is 1. The van der Waals surface area contributed by atoms with Gasteiger partial charge in [0.15, 0.2) is 5.78 Å². The van der Waals surface area contributed by atoms with Crippen LogP contribution in [0.4, 0.5) is 17.1 Å². The van der Waals surface area contributed by atoms with E-state index in [-0.39, 0.29) is 17.6 Å². The van der Waals surface area contributed by atoms with Crippen LogP contribution >= 0.6 is 11.3 Å². The standard InChI is InChI=1S/C40H31NO2SSi/c1-45(2)37-19-24(18-32-39(42)30-20-25-10-6-7-11-26(25)21-31(30)40(32)43)16-17-33(37)41(27-12-4-3-5-13-27)34-23-36-29(22-38(34)45)28-14-8-9-15-35(28)44-36/h3-23,30-31,39,42H,1-2H3/b32-18+. The molecule has 3 atom stereocenters. The highest BCUT2D eigenvalue weighted by Crippen LogP contribution is 2.43. The first-order chi connectivity index (χ1) is 21.9. The number of carbonyl (C=O) groups excluding carboxylic acids is 1. The van der Waals surface area contributed by atoms with Crippen molar-refractivity contribution in [1.82, 2.24) is 0 Å². The van der Waals surface area contributed by atoms with Crippen LogP contribution in [0.15, 0.2) is 115 Å². The van der Waals surface area contributed by atoms with Gasteiger partial charge in [0.2, 0.25) is 0 Å². The summed E-state index contributed by atoms with van der Waals surface area (Å²) in [6.45, 7) is 4.88. The number of Topliss-reactive ketones (excluding diaryl/α,β-unsaturated/α-hetero) is 1. The highest BCUT2D eigenvalue weighted by Gasteiger charge is 2.44. The lowest BCUT2D eigenvalue weighted by molar-refractivity contribution is -0.116. The van der Waals surface area contributed by atoms with Crippen LogP contribution in [0.25, 0.3) is 38.4 Å². The highest BCUT2D eigenvalue weighted by atomic mass is 32.1. The molecule has 45 heavy (non-hydrogen) atoms. The molecule has 0 amide bonds. The lowest BCUT2D eigenvalue weighted by atomic mass is 9.88. The Kier molecular flexibility index (Phi) is 5.79. The third-order valence-corrected chi connectivity index (χ3v) is 14.7. The van der Waals surface area contributed by atoms with Gasteiger partial charge >= 0.3 is 0 Å². The Bertz CT molecular complexity index is 2370. The van der Waals surface area contributed by atoms with Crippen molar-refractivity contribution in [3.8, 4) is 0 Å². The van der Waals surface area contributed by atoms with Crippen LogP contribution in [0.3, 0.4) is 0 Å². The number of aliphatic hydroxyl groups is 1. The second-order valence-electron chi connectivity index (χ2n) is 13.0. The number of nitrogens with zero attached hydrogens (tertiary/aromatic N) is 1. The Balaban J connectivity index is 1.21. The van der Waals surface area contributed by atoms with Gasteiger partial charge in [-0.3, -0.25) is 4.79 Å². The van der Waals surface area contributed by atoms with Crippen LogP contribution in [0, 0.1) is 11.8 Å². The van der Waals surface area contributed by atoms with Crippen LogP contribution in [-0.4, -0.2) is 25.1 Å². The summed E-state index contributed by atoms with van der Waals surface area (Å²) in [6.07, 6.45) is 5.24. The number of carbonyl (C=O) groups is 1. The summed E-state index contributed by atoms with van der Waals surface area (Å²) in [4.78, 5) is 16.1. The van der Waals surface area contributed by atoms with Crippen molar-refractivity contribution in [2.75, 3.05) is 4.90 Å². The zero-order valence-corrected chi connectivity index (χ0v) is 26.9. The normalized spacial score (nSPS) is 22.0. The van der Waals surface area contributed by atoms with E-state index in [0.717, 1.165) is 21.7 Å². The van der Waals surface area contributed by atoms with E-state index in [1.165, 1.54) is 41.9 Å². The van der Waals surface area contributed by atoms with Gasteiger partial charge in [0.1, 0.15) is 8.07 Å². The molecule has 1 saturated carbocycles. The van der Waals surface area contributed by atoms with Crippen LogP contribution in [0.1, 0.15) is 5.56 Å². The van der Waals surface area contributed by atoms with E-state index in [2.05, 4.69) is 115 Å². The predicted molar refractivity (Wildman–Crippen MR) is 191 cm³/mol. The molecule has 3 aliphatic rings. The maximum Gasteiger partial charge on any atom is 0.169 e. The Morgan fingerprint density at radius 1 is 0.733 bits per heavy atom. The van der Waals surface area contributed by atoms with Crippen LogP contribution in [0.2, 0.25) is 13.1 Å². The number of anilines is 3. The predicted octanol–water partition coefficient (Wildman–Crippen LogP) is 6.49. The molecule has 5 heteroatoms. The SMILES string of the molecule is C[Si]1(C)c2cc(/C=C3/C(=O)C4C=c5ccccc5=CC4C3O)ccc2N(c2ccccc2)c2cc3sc4ccccc4c3cc21. The van der Waals surface area contributed by atoms with Gasteiger partial charge in [-0.05, 0) is 62.8 Å². The second kappa shape index (κ2) is 9.72. The molecule has 3 nitrogen and oxygen atoms in total. The fourth-order valence-electron chi connectivity index (χ4n) is 7.76. The lowest BCUT2D eigenvalue weighted by Gasteiger charge is -2.41. The number of para-hydroxylation sites is 1. The first kappa shape index (κ1) is 26.8. The topological polar surface area (TPSA) is 40.5 Å². The third kappa shape index (κ3) is 3.94. The van der Waals surface area contributed by atoms with Crippen molar-refractivity contribution >= 4 is 91.0 Å². The number of hydrogen-bond donors (Lipinski definition) is 1. The molecule has 1 N–H and O–H groups in total. The first-order valence-corrected chi connectivity index (χ1v) is 19.4. The molecule has 2 aliphatic carbocycles. The number of benzene rings is 5. The fraction of sp³-hybridized carbons (Fsp3) is 0.125. The molecule has 1 fully saturated rings. The molecular weight excluding hydrogens is 587 g/mol. The van der Waals surface area contributed by atoms with E-state index in [1.54, 1.807) is 0 Å². The molecule has 0 bridgehead atoms. The fourth-order valence-corrected chi connectivity index (χ4v) is 11.9. The summed E-state index contributed by atoms with van der Waals surface area (Å²) < 4.78 is 2.61. The molecule has 2 heterocycles. The van der Waals surface area contributed by atoms with Crippen molar-refractivity contribution in [2.24, 2.45) is 11.8 Å². The molecule has 0 radical (unpaired) electrons. The maximum absolute atomic E-state index is 13.7. The molecule has 1 aliphatic heterocycles. The number of fused-ring (bicyclic) bond motifs is 7. The number of hydrogen-bond acceptors (Lipinski definition) is 4. The summed E-state index contributed by atoms with van der Waals surface area (Å²) in [5.74, 6) is -0.534. The zero-order chi connectivity index (χ0) is 30.4. The van der Waals surface area contributed by atoms with E-state index < -0.39 is 14.2 Å². The van der Waals surface area contributed by atoms with Gasteiger partial charge in [0, 0.05) is 48.7 Å². The quantitative estimate of drug-likeness (QED) is 0.178. The largest absolute Gasteiger partial charge is 0.388 e. The number of rotatable bonds is 2. The minimum atomic E-state index is -2.21. The molecule has 0 spiro atoms. The van der Waals surface area contributed by atoms with Crippen LogP contribution < -0.4 is 25.7 Å². The maximum atomic E-state index is 13.7. The average Bonchev–Trinajstić information content (AvgIpc) is 3.54. The Morgan fingerprint density at radius 3 is 2.27 bits per heavy atom. The lowest BCUT2D eigenvalue weighted by Crippen LogP contribution is -2.58. The van der Waals surface area contributed by atoms with E-state index in [9.17, 15) is 9.90 Å². The molecule has 218 valence electrons. The second-order valence-corrected chi connectivity index (χ2v) is 18.4. The summed E-state index contributed by atoms with van der Waals surface area (Å²) >= 11 is 1.86. The van der Waals surface area contributed by atoms with Crippen molar-refractivity contribution in [1.29, 1.82) is 0 Å². The van der Waals surface area contributed by atoms with Gasteiger partial charge in [-0.15, -0.1) is 11.3 Å². The smallest absolute Gasteiger partial charge is 0.169 e. The van der Waals surface area contributed by atoms with E-state index in [1.807, 2.05) is 41.7 Å². The minimum absolute atomic E-state index is 0.0236. The number of ketones is 1. The highest BCUT2D eigenvalue weighted by molar-refractivity contribution is 7.26. The summed E-state index contributed by atoms with van der Waals surface area (Å²) in [6, 6.07) is 38.9. The van der Waals surface area contributed by atoms with Crippen LogP contribution in [-0.2, 0) is 4.79 Å². The molecule has 1 aromatic heterocycles. The van der Waals surface area contributed by atoms with E-state index in [0.29, 0.717) is 5.57 Å². The van der Waals surface area contributed by atoms with Gasteiger partial charge in [-0.2, -0.15) is 0 Å². The van der Waals surface area contributed by atoms with Crippen molar-refractivity contribution in [3.63, 3.8) is 0 Å². The van der Waals surface area contributed by atoms with Crippen molar-refractivity contribution < 1.29 is 9.90 Å². The van der Waals surface area contributed by atoms with Gasteiger partial charge in [-0.25, -0.2) is 0 Å². The van der Waals surface area contributed by atoms with Gasteiger partial charge in [0.05, 0.1) is 12.0 Å². The number of thiophene rings is 1. The van der Waals surface area contributed by atoms with Gasteiger partial charge < -0.3 is 10.0 Å². The molecule has 9 rings (SSSR count). The molecule has 0 saturated heterocycles. The molecular formula is C40H31NO2SSi. The summed E-state index contributed by atoms with van der Waals surface area (Å²) in [7, 11) is -2.21. The molecule has 6 aromatic rings. The monoisotopic (exact) mass is 617 g/mol. The third-order valence-electron chi connectivity index (χ3n) is 10.1. The van der Waals surface area contributed by atoms with E-state index in [4.69, 9.17) is 0 Å². The molecule has 3 unspecified atom stereocenters. The minimum Gasteiger partial charge on any atom is -0.388 e. The molecule has 5 aromatic carbocycles. The van der Waals surface area contributed by atoms with E-state index >= 15 is 0 Å². The first-order valence-electron chi connectivity index (χ1n) is 15.6. The van der Waals surface area contributed by atoms with Gasteiger partial charge in [0.25, 0.3) is 0 Å². The van der Waals surface area contributed by atoms with Crippen molar-refractivity contribution in [3.05, 3.63) is 131 Å². The Morgan fingerprint density at radius 2 is 1.44 bits per heavy atom. The average molecular weight is 618 g/mol. The Labute approximate surface area is 266 Å². The van der Waals surface area contributed by atoms with Crippen LogP contribution in [0.5, 0.6) is 0 Å². The van der Waals surface area contributed by atoms with Gasteiger partial charge in [-0.1, -0.05) is 104 Å². The Hall–Kier alpha value is -4.55. The summed E-state index contributed by atoms with van der Waals surface area (Å²) in [5, 5.41) is 18.9. The zero-order valence-electron chi connectivity index (χ0n) is 25.1.